The molecule has 0 spiro atoms. The van der Waals surface area contributed by atoms with Crippen LogP contribution in [0.15, 0.2) is 77.2 Å². The molecule has 0 radical (unpaired) electrons. The van der Waals surface area contributed by atoms with Gasteiger partial charge in [-0.25, -0.2) is 4.79 Å². The third kappa shape index (κ3) is 4.21. The average molecular weight is 413 g/mol. The molecule has 1 atom stereocenters. The van der Waals surface area contributed by atoms with Crippen molar-refractivity contribution >= 4 is 28.5 Å². The van der Waals surface area contributed by atoms with E-state index in [4.69, 9.17) is 9.15 Å². The third-order valence-corrected chi connectivity index (χ3v) is 5.25. The summed E-state index contributed by atoms with van der Waals surface area (Å²) < 4.78 is 11.4. The van der Waals surface area contributed by atoms with Gasteiger partial charge in [-0.2, -0.15) is 0 Å². The summed E-state index contributed by atoms with van der Waals surface area (Å²) in [6.07, 6.45) is -1.12. The number of benzene rings is 3. The molecule has 0 saturated carbocycles. The summed E-state index contributed by atoms with van der Waals surface area (Å²) >= 11 is 0. The molecule has 3 aromatic carbocycles. The molecular weight excluding hydrogens is 390 g/mol. The summed E-state index contributed by atoms with van der Waals surface area (Å²) in [7, 11) is 0. The van der Waals surface area contributed by atoms with E-state index in [-0.39, 0.29) is 5.76 Å². The van der Waals surface area contributed by atoms with Gasteiger partial charge in [0.1, 0.15) is 5.58 Å². The summed E-state index contributed by atoms with van der Waals surface area (Å²) in [6, 6.07) is 22.1. The topological polar surface area (TPSA) is 68.5 Å². The van der Waals surface area contributed by atoms with E-state index < -0.39 is 18.0 Å². The Balaban J connectivity index is 1.65. The van der Waals surface area contributed by atoms with Crippen LogP contribution in [0.3, 0.4) is 0 Å². The Bertz CT molecular complexity index is 1260. The molecule has 1 unspecified atom stereocenters. The summed E-state index contributed by atoms with van der Waals surface area (Å²) in [6.45, 7) is 5.67. The van der Waals surface area contributed by atoms with Gasteiger partial charge in [0.15, 0.2) is 0 Å². The van der Waals surface area contributed by atoms with Crippen LogP contribution >= 0.6 is 0 Å². The Kier molecular flexibility index (Phi) is 5.58. The Labute approximate surface area is 180 Å². The molecular formula is C26H23NO4. The number of ether oxygens (including phenoxy) is 1. The zero-order chi connectivity index (χ0) is 22.0. The maximum absolute atomic E-state index is 13.2. The monoisotopic (exact) mass is 413 g/mol. The molecule has 1 N–H and O–H groups in total. The molecule has 0 fully saturated rings. The van der Waals surface area contributed by atoms with E-state index in [1.54, 1.807) is 37.3 Å². The van der Waals surface area contributed by atoms with E-state index in [9.17, 15) is 9.59 Å². The maximum atomic E-state index is 13.2. The van der Waals surface area contributed by atoms with Gasteiger partial charge in [-0.05, 0) is 44.0 Å². The normalized spacial score (nSPS) is 11.8. The number of furan rings is 1. The number of carbonyl (C=O) groups is 2. The first-order valence-electron chi connectivity index (χ1n) is 10.1. The number of fused-ring (bicyclic) bond motifs is 1. The molecule has 0 aliphatic heterocycles. The maximum Gasteiger partial charge on any atom is 0.375 e. The van der Waals surface area contributed by atoms with Crippen LogP contribution in [0.25, 0.3) is 11.0 Å². The molecule has 31 heavy (non-hydrogen) atoms. The first-order valence-corrected chi connectivity index (χ1v) is 10.1. The van der Waals surface area contributed by atoms with Crippen LogP contribution in [-0.2, 0) is 9.53 Å². The van der Waals surface area contributed by atoms with E-state index in [1.807, 2.05) is 56.3 Å². The van der Waals surface area contributed by atoms with Crippen molar-refractivity contribution in [1.29, 1.82) is 0 Å². The van der Waals surface area contributed by atoms with Crippen molar-refractivity contribution in [2.24, 2.45) is 0 Å². The smallest absolute Gasteiger partial charge is 0.375 e. The predicted molar refractivity (Wildman–Crippen MR) is 120 cm³/mol. The van der Waals surface area contributed by atoms with Gasteiger partial charge >= 0.3 is 5.97 Å². The lowest BCUT2D eigenvalue weighted by Crippen LogP contribution is -2.26. The van der Waals surface area contributed by atoms with Crippen molar-refractivity contribution < 1.29 is 18.7 Å². The molecule has 1 aromatic heterocycles. The second kappa shape index (κ2) is 8.48. The number of para-hydroxylation sites is 1. The first kappa shape index (κ1) is 20.4. The molecule has 4 rings (SSSR count). The summed E-state index contributed by atoms with van der Waals surface area (Å²) in [5.74, 6) is -1.01. The Morgan fingerprint density at radius 2 is 1.61 bits per heavy atom. The molecule has 5 nitrogen and oxygen atoms in total. The zero-order valence-electron chi connectivity index (χ0n) is 17.6. The van der Waals surface area contributed by atoms with Gasteiger partial charge in [-0.1, -0.05) is 60.7 Å². The minimum absolute atomic E-state index is 0.0988. The lowest BCUT2D eigenvalue weighted by Gasteiger charge is -2.18. The van der Waals surface area contributed by atoms with Crippen LogP contribution in [0.5, 0.6) is 0 Å². The van der Waals surface area contributed by atoms with E-state index >= 15 is 0 Å². The number of amides is 1. The highest BCUT2D eigenvalue weighted by Crippen LogP contribution is 2.28. The largest absolute Gasteiger partial charge is 0.449 e. The van der Waals surface area contributed by atoms with Crippen LogP contribution in [0.4, 0.5) is 5.69 Å². The van der Waals surface area contributed by atoms with Gasteiger partial charge in [0, 0.05) is 22.2 Å². The molecule has 156 valence electrons. The van der Waals surface area contributed by atoms with Crippen molar-refractivity contribution in [2.45, 2.75) is 26.9 Å². The number of aryl methyl sites for hydroxylation is 3. The number of hydrogen-bond donors (Lipinski definition) is 1. The average Bonchev–Trinajstić information content (AvgIpc) is 3.12. The number of rotatable bonds is 5. The van der Waals surface area contributed by atoms with E-state index in [2.05, 4.69) is 5.32 Å². The van der Waals surface area contributed by atoms with Crippen molar-refractivity contribution in [3.63, 3.8) is 0 Å². The van der Waals surface area contributed by atoms with Crippen LogP contribution in [-0.4, -0.2) is 11.9 Å². The fraction of sp³-hybridized carbons (Fsp3) is 0.154. The van der Waals surface area contributed by atoms with E-state index in [1.165, 1.54) is 0 Å². The summed E-state index contributed by atoms with van der Waals surface area (Å²) in [4.78, 5) is 26.2. The SMILES string of the molecule is Cc1ccc(C)c(NC(=O)C(OC(=O)c2oc3ccccc3c2C)c2ccccc2)c1. The molecule has 0 aliphatic carbocycles. The van der Waals surface area contributed by atoms with E-state index in [0.29, 0.717) is 22.4 Å². The quantitative estimate of drug-likeness (QED) is 0.414. The number of hydrogen-bond acceptors (Lipinski definition) is 4. The molecule has 1 heterocycles. The fourth-order valence-electron chi connectivity index (χ4n) is 3.50. The second-order valence-electron chi connectivity index (χ2n) is 7.56. The lowest BCUT2D eigenvalue weighted by molar-refractivity contribution is -0.125. The van der Waals surface area contributed by atoms with Gasteiger partial charge in [0.2, 0.25) is 11.9 Å². The van der Waals surface area contributed by atoms with Crippen LogP contribution < -0.4 is 5.32 Å². The van der Waals surface area contributed by atoms with Gasteiger partial charge < -0.3 is 14.5 Å². The summed E-state index contributed by atoms with van der Waals surface area (Å²) in [5.41, 5.74) is 4.48. The highest BCUT2D eigenvalue weighted by Gasteiger charge is 2.29. The third-order valence-electron chi connectivity index (χ3n) is 5.25. The van der Waals surface area contributed by atoms with Gasteiger partial charge in [0.05, 0.1) is 0 Å². The Morgan fingerprint density at radius 3 is 2.35 bits per heavy atom. The van der Waals surface area contributed by atoms with Crippen LogP contribution in [0.2, 0.25) is 0 Å². The Hall–Kier alpha value is -3.86. The molecule has 5 heteroatoms. The number of nitrogens with one attached hydrogen (secondary N) is 1. The predicted octanol–water partition coefficient (Wildman–Crippen LogP) is 5.89. The molecule has 1 amide bonds. The lowest BCUT2D eigenvalue weighted by atomic mass is 10.1. The van der Waals surface area contributed by atoms with Crippen molar-refractivity contribution in [1.82, 2.24) is 0 Å². The number of carbonyl (C=O) groups excluding carboxylic acids is 2. The van der Waals surface area contributed by atoms with Gasteiger partial charge in [-0.15, -0.1) is 0 Å². The van der Waals surface area contributed by atoms with Crippen molar-refractivity contribution in [2.75, 3.05) is 5.32 Å². The Morgan fingerprint density at radius 1 is 0.903 bits per heavy atom. The molecule has 0 bridgehead atoms. The number of anilines is 1. The van der Waals surface area contributed by atoms with Gasteiger partial charge in [0.25, 0.3) is 5.91 Å². The summed E-state index contributed by atoms with van der Waals surface area (Å²) in [5, 5.41) is 3.74. The van der Waals surface area contributed by atoms with Crippen LogP contribution in [0.1, 0.15) is 38.9 Å². The first-order chi connectivity index (χ1) is 14.9. The molecule has 0 saturated heterocycles. The second-order valence-corrected chi connectivity index (χ2v) is 7.56. The minimum atomic E-state index is -1.12. The van der Waals surface area contributed by atoms with Crippen molar-refractivity contribution in [3.05, 3.63) is 101 Å². The van der Waals surface area contributed by atoms with Gasteiger partial charge in [-0.3, -0.25) is 4.79 Å². The molecule has 0 aliphatic rings. The standard InChI is InChI=1S/C26H23NO4/c1-16-13-14-17(2)21(15-16)27-25(28)24(19-9-5-4-6-10-19)31-26(29)23-18(3)20-11-7-8-12-22(20)30-23/h4-15,24H,1-3H3,(H,27,28). The molecule has 4 aromatic rings. The fourth-order valence-corrected chi connectivity index (χ4v) is 3.50. The highest BCUT2D eigenvalue weighted by atomic mass is 16.6. The number of esters is 1. The zero-order valence-corrected chi connectivity index (χ0v) is 17.6. The van der Waals surface area contributed by atoms with Crippen molar-refractivity contribution in [3.8, 4) is 0 Å². The minimum Gasteiger partial charge on any atom is -0.449 e. The van der Waals surface area contributed by atoms with Crippen LogP contribution in [0, 0.1) is 20.8 Å². The van der Waals surface area contributed by atoms with E-state index in [0.717, 1.165) is 16.5 Å². The highest BCUT2D eigenvalue weighted by molar-refractivity contribution is 6.00.